The number of nitrogens with zero attached hydrogens (tertiary/aromatic N) is 4. The second-order valence-electron chi connectivity index (χ2n) is 6.34. The minimum absolute atomic E-state index is 0.0595. The van der Waals surface area contributed by atoms with Crippen molar-refractivity contribution in [1.29, 1.82) is 0 Å². The molecule has 24 heavy (non-hydrogen) atoms. The van der Waals surface area contributed by atoms with Crippen LogP contribution in [-0.4, -0.2) is 41.9 Å². The van der Waals surface area contributed by atoms with Gasteiger partial charge in [-0.25, -0.2) is 0 Å². The first-order valence-corrected chi connectivity index (χ1v) is 8.17. The van der Waals surface area contributed by atoms with E-state index < -0.39 is 0 Å². The Hall–Kier alpha value is -2.37. The van der Waals surface area contributed by atoms with Gasteiger partial charge in [0.15, 0.2) is 0 Å². The van der Waals surface area contributed by atoms with Crippen LogP contribution in [0.1, 0.15) is 41.6 Å². The van der Waals surface area contributed by atoms with Crippen molar-refractivity contribution in [2.75, 3.05) is 19.7 Å². The van der Waals surface area contributed by atoms with Gasteiger partial charge >= 0.3 is 0 Å². The van der Waals surface area contributed by atoms with E-state index in [4.69, 9.17) is 10.3 Å². The number of Topliss-reactive ketones (excluding diaryl/α,β-unsaturated/α-hetero) is 1. The topological polar surface area (TPSA) is 95.4 Å². The Kier molecular flexibility index (Phi) is 4.83. The standard InChI is InChI=1S/C17H20N4O3/c18-20-19-12-13-3-1-2-4-15(13)16(23)21-8-6-17(7-9-21)11-14(22)5-10-24-17/h1-4H,5-12H2. The van der Waals surface area contributed by atoms with Crippen molar-refractivity contribution in [2.24, 2.45) is 5.11 Å². The summed E-state index contributed by atoms with van der Waals surface area (Å²) in [5.74, 6) is 0.191. The molecule has 2 aliphatic heterocycles. The minimum atomic E-state index is -0.378. The lowest BCUT2D eigenvalue weighted by Crippen LogP contribution is -2.51. The molecule has 2 aliphatic rings. The number of hydrogen-bond acceptors (Lipinski definition) is 4. The van der Waals surface area contributed by atoms with E-state index in [1.165, 1.54) is 0 Å². The molecule has 0 saturated carbocycles. The number of piperidine rings is 1. The third-order valence-electron chi connectivity index (χ3n) is 4.82. The molecule has 0 bridgehead atoms. The van der Waals surface area contributed by atoms with Gasteiger partial charge in [-0.1, -0.05) is 23.3 Å². The number of amides is 1. The number of carbonyl (C=O) groups is 2. The van der Waals surface area contributed by atoms with E-state index in [-0.39, 0.29) is 23.8 Å². The zero-order chi connectivity index (χ0) is 17.0. The number of benzene rings is 1. The molecule has 126 valence electrons. The molecule has 2 fully saturated rings. The summed E-state index contributed by atoms with van der Waals surface area (Å²) in [4.78, 5) is 29.1. The van der Waals surface area contributed by atoms with E-state index in [0.717, 1.165) is 5.56 Å². The van der Waals surface area contributed by atoms with Gasteiger partial charge in [0, 0.05) is 36.4 Å². The van der Waals surface area contributed by atoms with E-state index >= 15 is 0 Å². The van der Waals surface area contributed by atoms with Crippen molar-refractivity contribution < 1.29 is 14.3 Å². The van der Waals surface area contributed by atoms with Crippen molar-refractivity contribution in [3.05, 3.63) is 45.8 Å². The fourth-order valence-corrected chi connectivity index (χ4v) is 3.46. The second-order valence-corrected chi connectivity index (χ2v) is 6.34. The molecule has 1 aromatic rings. The minimum Gasteiger partial charge on any atom is -0.374 e. The first-order chi connectivity index (χ1) is 11.6. The Bertz CT molecular complexity index is 689. The Balaban J connectivity index is 1.69. The number of ketones is 1. The third kappa shape index (κ3) is 3.42. The molecule has 2 saturated heterocycles. The molecule has 7 heteroatoms. The zero-order valence-corrected chi connectivity index (χ0v) is 13.5. The maximum Gasteiger partial charge on any atom is 0.254 e. The van der Waals surface area contributed by atoms with E-state index in [1.54, 1.807) is 23.1 Å². The number of carbonyl (C=O) groups excluding carboxylic acids is 2. The quantitative estimate of drug-likeness (QED) is 0.485. The number of ether oxygens (including phenoxy) is 1. The monoisotopic (exact) mass is 328 g/mol. The van der Waals surface area contributed by atoms with Crippen LogP contribution < -0.4 is 0 Å². The predicted octanol–water partition coefficient (Wildman–Crippen LogP) is 2.85. The molecule has 7 nitrogen and oxygen atoms in total. The van der Waals surface area contributed by atoms with E-state index in [9.17, 15) is 9.59 Å². The van der Waals surface area contributed by atoms with Gasteiger partial charge in [0.05, 0.1) is 18.8 Å². The Morgan fingerprint density at radius 2 is 2.08 bits per heavy atom. The third-order valence-corrected chi connectivity index (χ3v) is 4.82. The van der Waals surface area contributed by atoms with E-state index in [0.29, 0.717) is 50.9 Å². The highest BCUT2D eigenvalue weighted by molar-refractivity contribution is 5.95. The smallest absolute Gasteiger partial charge is 0.254 e. The van der Waals surface area contributed by atoms with Crippen molar-refractivity contribution in [1.82, 2.24) is 4.90 Å². The lowest BCUT2D eigenvalue weighted by molar-refractivity contribution is -0.146. The molecule has 0 radical (unpaired) electrons. The van der Waals surface area contributed by atoms with E-state index in [2.05, 4.69) is 10.0 Å². The molecule has 0 aliphatic carbocycles. The largest absolute Gasteiger partial charge is 0.374 e. The molecule has 1 aromatic carbocycles. The van der Waals surface area contributed by atoms with Gasteiger partial charge in [0.2, 0.25) is 0 Å². The van der Waals surface area contributed by atoms with Crippen LogP contribution in [-0.2, 0) is 16.1 Å². The Labute approximate surface area is 140 Å². The molecule has 0 N–H and O–H groups in total. The van der Waals surface area contributed by atoms with Crippen molar-refractivity contribution in [2.45, 2.75) is 37.8 Å². The van der Waals surface area contributed by atoms with Crippen LogP contribution in [0.3, 0.4) is 0 Å². The summed E-state index contributed by atoms with van der Waals surface area (Å²) in [5, 5.41) is 3.56. The lowest BCUT2D eigenvalue weighted by Gasteiger charge is -2.43. The number of hydrogen-bond donors (Lipinski definition) is 0. The van der Waals surface area contributed by atoms with Crippen LogP contribution >= 0.6 is 0 Å². The summed E-state index contributed by atoms with van der Waals surface area (Å²) >= 11 is 0. The molecule has 0 unspecified atom stereocenters. The predicted molar refractivity (Wildman–Crippen MR) is 87.4 cm³/mol. The molecule has 1 spiro atoms. The average molecular weight is 328 g/mol. The van der Waals surface area contributed by atoms with Crippen molar-refractivity contribution >= 4 is 11.7 Å². The van der Waals surface area contributed by atoms with E-state index in [1.807, 2.05) is 6.07 Å². The van der Waals surface area contributed by atoms with Gasteiger partial charge in [-0.2, -0.15) is 0 Å². The highest BCUT2D eigenvalue weighted by atomic mass is 16.5. The first kappa shape index (κ1) is 16.5. The normalized spacial score (nSPS) is 19.8. The van der Waals surface area contributed by atoms with Gasteiger partial charge in [-0.05, 0) is 30.0 Å². The fourth-order valence-electron chi connectivity index (χ4n) is 3.46. The summed E-state index contributed by atoms with van der Waals surface area (Å²) in [6.45, 7) is 1.79. The van der Waals surface area contributed by atoms with Crippen LogP contribution in [0.5, 0.6) is 0 Å². The number of rotatable bonds is 3. The van der Waals surface area contributed by atoms with Gasteiger partial charge in [0.25, 0.3) is 5.91 Å². The van der Waals surface area contributed by atoms with Crippen LogP contribution in [0.2, 0.25) is 0 Å². The summed E-state index contributed by atoms with van der Waals surface area (Å²) < 4.78 is 5.87. The average Bonchev–Trinajstić information content (AvgIpc) is 2.60. The molecule has 1 amide bonds. The summed E-state index contributed by atoms with van der Waals surface area (Å²) in [7, 11) is 0. The number of likely N-dealkylation sites (tertiary alicyclic amines) is 1. The van der Waals surface area contributed by atoms with Crippen LogP contribution in [0, 0.1) is 0 Å². The summed E-state index contributed by atoms with van der Waals surface area (Å²) in [6, 6.07) is 7.19. The summed E-state index contributed by atoms with van der Waals surface area (Å²) in [6.07, 6.45) is 2.33. The lowest BCUT2D eigenvalue weighted by atomic mass is 9.84. The molecule has 0 atom stereocenters. The first-order valence-electron chi connectivity index (χ1n) is 8.17. The summed E-state index contributed by atoms with van der Waals surface area (Å²) in [5.41, 5.74) is 9.41. The molecule has 3 rings (SSSR count). The molecule has 0 aromatic heterocycles. The maximum absolute atomic E-state index is 12.8. The maximum atomic E-state index is 12.8. The van der Waals surface area contributed by atoms with Gasteiger partial charge in [-0.15, -0.1) is 0 Å². The van der Waals surface area contributed by atoms with Crippen molar-refractivity contribution in [3.8, 4) is 0 Å². The van der Waals surface area contributed by atoms with Crippen LogP contribution in [0.15, 0.2) is 29.4 Å². The van der Waals surface area contributed by atoms with Crippen LogP contribution in [0.4, 0.5) is 0 Å². The van der Waals surface area contributed by atoms with Gasteiger partial charge < -0.3 is 9.64 Å². The number of azide groups is 1. The molecular weight excluding hydrogens is 308 g/mol. The Morgan fingerprint density at radius 1 is 1.33 bits per heavy atom. The second kappa shape index (κ2) is 7.03. The molecule has 2 heterocycles. The fraction of sp³-hybridized carbons (Fsp3) is 0.529. The zero-order valence-electron chi connectivity index (χ0n) is 13.5. The van der Waals surface area contributed by atoms with Gasteiger partial charge in [0.1, 0.15) is 5.78 Å². The highest BCUT2D eigenvalue weighted by Crippen LogP contribution is 2.34. The van der Waals surface area contributed by atoms with Gasteiger partial charge in [-0.3, -0.25) is 9.59 Å². The highest BCUT2D eigenvalue weighted by Gasteiger charge is 2.40. The molecular formula is C17H20N4O3. The van der Waals surface area contributed by atoms with Crippen LogP contribution in [0.25, 0.3) is 10.4 Å². The van der Waals surface area contributed by atoms with Crippen molar-refractivity contribution in [3.63, 3.8) is 0 Å². The Morgan fingerprint density at radius 3 is 2.79 bits per heavy atom. The SMILES string of the molecule is [N-]=[N+]=NCc1ccccc1C(=O)N1CCC2(CC1)CC(=O)CCO2.